The van der Waals surface area contributed by atoms with E-state index in [1.807, 2.05) is 20.8 Å². The van der Waals surface area contributed by atoms with Gasteiger partial charge in [0.15, 0.2) is 0 Å². The van der Waals surface area contributed by atoms with Crippen molar-refractivity contribution in [1.29, 1.82) is 0 Å². The maximum atomic E-state index is 12.7. The highest BCUT2D eigenvalue weighted by Crippen LogP contribution is 2.38. The lowest BCUT2D eigenvalue weighted by molar-refractivity contribution is -0.132. The quantitative estimate of drug-likeness (QED) is 0.726. The van der Waals surface area contributed by atoms with Crippen LogP contribution < -0.4 is 11.1 Å². The number of β-amino-alcohol motifs (C(OH)–C–C–N with tert-alkyl or cyclic N) is 1. The molecule has 1 amide bonds. The van der Waals surface area contributed by atoms with Crippen LogP contribution in [0.3, 0.4) is 0 Å². The predicted octanol–water partition coefficient (Wildman–Crippen LogP) is 1.10. The third-order valence-corrected chi connectivity index (χ3v) is 5.02. The van der Waals surface area contributed by atoms with Crippen LogP contribution in [-0.2, 0) is 4.79 Å². The molecule has 1 saturated heterocycles. The van der Waals surface area contributed by atoms with Crippen molar-refractivity contribution >= 4 is 5.91 Å². The molecular weight excluding hydrogens is 278 g/mol. The summed E-state index contributed by atoms with van der Waals surface area (Å²) >= 11 is 0. The van der Waals surface area contributed by atoms with Crippen LogP contribution >= 0.6 is 0 Å². The van der Waals surface area contributed by atoms with E-state index in [9.17, 15) is 9.90 Å². The second-order valence-electron chi connectivity index (χ2n) is 8.14. The van der Waals surface area contributed by atoms with Gasteiger partial charge in [0.05, 0.1) is 12.1 Å². The summed E-state index contributed by atoms with van der Waals surface area (Å²) in [6.45, 7) is 7.70. The Bertz CT molecular complexity index is 381. The molecule has 0 aromatic carbocycles. The van der Waals surface area contributed by atoms with Crippen molar-refractivity contribution < 1.29 is 9.90 Å². The maximum absolute atomic E-state index is 12.7. The van der Waals surface area contributed by atoms with Crippen LogP contribution in [0.4, 0.5) is 0 Å². The molecule has 4 N–H and O–H groups in total. The number of likely N-dealkylation sites (tertiary alicyclic amines) is 1. The Balaban J connectivity index is 2.08. The lowest BCUT2D eigenvalue weighted by Crippen LogP contribution is -2.59. The summed E-state index contributed by atoms with van der Waals surface area (Å²) in [6.07, 6.45) is 5.47. The third kappa shape index (κ3) is 4.67. The lowest BCUT2D eigenvalue weighted by atomic mass is 9.72. The fraction of sp³-hybridized carbons (Fsp3) is 0.941. The smallest absolute Gasteiger partial charge is 0.237 e. The number of nitrogens with one attached hydrogen (secondary N) is 1. The van der Waals surface area contributed by atoms with Crippen LogP contribution in [0.2, 0.25) is 0 Å². The van der Waals surface area contributed by atoms with Crippen LogP contribution in [0.25, 0.3) is 0 Å². The van der Waals surface area contributed by atoms with E-state index < -0.39 is 6.10 Å². The minimum Gasteiger partial charge on any atom is -0.390 e. The first kappa shape index (κ1) is 17.7. The summed E-state index contributed by atoms with van der Waals surface area (Å²) in [5, 5.41) is 13.1. The number of carbonyl (C=O) groups excluding carboxylic acids is 1. The number of aliphatic hydroxyl groups excluding tert-OH is 1. The predicted molar refractivity (Wildman–Crippen MR) is 88.4 cm³/mol. The zero-order valence-corrected chi connectivity index (χ0v) is 14.3. The van der Waals surface area contributed by atoms with Crippen molar-refractivity contribution in [3.8, 4) is 0 Å². The Hall–Kier alpha value is -0.650. The Kier molecular flexibility index (Phi) is 5.86. The molecule has 0 bridgehead atoms. The van der Waals surface area contributed by atoms with Gasteiger partial charge in [-0.2, -0.15) is 0 Å². The zero-order valence-electron chi connectivity index (χ0n) is 14.3. The molecular formula is C17H33N3O2. The molecule has 1 heterocycles. The van der Waals surface area contributed by atoms with E-state index in [0.717, 1.165) is 13.0 Å². The first-order chi connectivity index (χ1) is 10.3. The van der Waals surface area contributed by atoms with E-state index in [1.165, 1.54) is 25.7 Å². The molecule has 1 aliphatic carbocycles. The molecule has 4 atom stereocenters. The van der Waals surface area contributed by atoms with Crippen LogP contribution in [0, 0.1) is 11.8 Å². The number of hydrogen-bond donors (Lipinski definition) is 3. The van der Waals surface area contributed by atoms with E-state index in [2.05, 4.69) is 10.2 Å². The minimum atomic E-state index is -0.551. The largest absolute Gasteiger partial charge is 0.390 e. The minimum absolute atomic E-state index is 0.0979. The standard InChI is InChI=1S/C17H33N3O2/c1-17(2,3)19-16(22)15-8-12-6-4-5-7-13(12)10-20(15)11-14(21)9-18/h12-15,21H,4-11,18H2,1-3H3,(H,19,22)/t12-,13+,14-,15-/m0/s1. The number of nitrogens with zero attached hydrogens (tertiary/aromatic N) is 1. The molecule has 5 heteroatoms. The molecule has 2 aliphatic rings. The number of nitrogens with two attached hydrogens (primary N) is 1. The van der Waals surface area contributed by atoms with E-state index in [-0.39, 0.29) is 24.0 Å². The van der Waals surface area contributed by atoms with Gasteiger partial charge in [-0.15, -0.1) is 0 Å². The van der Waals surface area contributed by atoms with Crippen LogP contribution in [-0.4, -0.2) is 53.2 Å². The van der Waals surface area contributed by atoms with Crippen molar-refractivity contribution in [3.05, 3.63) is 0 Å². The summed E-state index contributed by atoms with van der Waals surface area (Å²) in [4.78, 5) is 14.9. The van der Waals surface area contributed by atoms with E-state index in [0.29, 0.717) is 18.4 Å². The van der Waals surface area contributed by atoms with Gasteiger partial charge in [0.1, 0.15) is 0 Å². The van der Waals surface area contributed by atoms with Gasteiger partial charge in [0, 0.05) is 25.2 Å². The second-order valence-corrected chi connectivity index (χ2v) is 8.14. The SMILES string of the molecule is CC(C)(C)NC(=O)[C@@H]1C[C@@H]2CCCC[C@@H]2CN1C[C@@H](O)CN. The number of fused-ring (bicyclic) bond motifs is 1. The highest BCUT2D eigenvalue weighted by Gasteiger charge is 2.40. The molecule has 0 aromatic heterocycles. The molecule has 1 saturated carbocycles. The molecule has 1 aliphatic heterocycles. The number of rotatable bonds is 4. The van der Waals surface area contributed by atoms with E-state index in [4.69, 9.17) is 5.73 Å². The molecule has 0 aromatic rings. The first-order valence-corrected chi connectivity index (χ1v) is 8.74. The zero-order chi connectivity index (χ0) is 16.3. The second kappa shape index (κ2) is 7.28. The number of amides is 1. The topological polar surface area (TPSA) is 78.6 Å². The molecule has 0 radical (unpaired) electrons. The number of hydrogen-bond acceptors (Lipinski definition) is 4. The Labute approximate surface area is 134 Å². The number of carbonyl (C=O) groups is 1. The molecule has 0 spiro atoms. The molecule has 22 heavy (non-hydrogen) atoms. The van der Waals surface area contributed by atoms with Gasteiger partial charge in [0.2, 0.25) is 5.91 Å². The van der Waals surface area contributed by atoms with E-state index >= 15 is 0 Å². The molecule has 5 nitrogen and oxygen atoms in total. The molecule has 128 valence electrons. The normalized spacial score (nSPS) is 31.4. The van der Waals surface area contributed by atoms with Crippen LogP contribution in [0.15, 0.2) is 0 Å². The van der Waals surface area contributed by atoms with Crippen molar-refractivity contribution in [2.24, 2.45) is 17.6 Å². The third-order valence-electron chi connectivity index (χ3n) is 5.02. The van der Waals surface area contributed by atoms with Crippen molar-refractivity contribution in [1.82, 2.24) is 10.2 Å². The molecule has 0 unspecified atom stereocenters. The maximum Gasteiger partial charge on any atom is 0.237 e. The highest BCUT2D eigenvalue weighted by atomic mass is 16.3. The van der Waals surface area contributed by atoms with Gasteiger partial charge in [-0.25, -0.2) is 0 Å². The van der Waals surface area contributed by atoms with Crippen molar-refractivity contribution in [2.45, 2.75) is 70.6 Å². The summed E-state index contributed by atoms with van der Waals surface area (Å²) in [6, 6.07) is -0.125. The van der Waals surface area contributed by atoms with E-state index in [1.54, 1.807) is 0 Å². The average Bonchev–Trinajstić information content (AvgIpc) is 2.44. The van der Waals surface area contributed by atoms with Gasteiger partial charge in [-0.05, 0) is 45.4 Å². The highest BCUT2D eigenvalue weighted by molar-refractivity contribution is 5.82. The van der Waals surface area contributed by atoms with Crippen LogP contribution in [0.1, 0.15) is 52.9 Å². The van der Waals surface area contributed by atoms with Gasteiger partial charge in [-0.3, -0.25) is 9.69 Å². The first-order valence-electron chi connectivity index (χ1n) is 8.74. The summed E-state index contributed by atoms with van der Waals surface area (Å²) < 4.78 is 0. The summed E-state index contributed by atoms with van der Waals surface area (Å²) in [5.74, 6) is 1.44. The molecule has 2 fully saturated rings. The average molecular weight is 311 g/mol. The van der Waals surface area contributed by atoms with Gasteiger partial charge in [-0.1, -0.05) is 19.3 Å². The van der Waals surface area contributed by atoms with Crippen LogP contribution in [0.5, 0.6) is 0 Å². The van der Waals surface area contributed by atoms with Gasteiger partial charge in [0.25, 0.3) is 0 Å². The number of aliphatic hydroxyl groups is 1. The molecule has 2 rings (SSSR count). The van der Waals surface area contributed by atoms with Gasteiger partial charge < -0.3 is 16.2 Å². The fourth-order valence-corrected chi connectivity index (χ4v) is 3.97. The van der Waals surface area contributed by atoms with Crippen molar-refractivity contribution in [3.63, 3.8) is 0 Å². The Morgan fingerprint density at radius 2 is 1.95 bits per heavy atom. The fourth-order valence-electron chi connectivity index (χ4n) is 3.97. The monoisotopic (exact) mass is 311 g/mol. The number of piperidine rings is 1. The lowest BCUT2D eigenvalue weighted by Gasteiger charge is -2.46. The van der Waals surface area contributed by atoms with Gasteiger partial charge >= 0.3 is 0 Å². The summed E-state index contributed by atoms with van der Waals surface area (Å²) in [7, 11) is 0. The summed E-state index contributed by atoms with van der Waals surface area (Å²) in [5.41, 5.74) is 5.34. The Morgan fingerprint density at radius 1 is 1.32 bits per heavy atom. The Morgan fingerprint density at radius 3 is 2.55 bits per heavy atom. The van der Waals surface area contributed by atoms with Crippen molar-refractivity contribution in [2.75, 3.05) is 19.6 Å².